The van der Waals surface area contributed by atoms with Crippen LogP contribution in [0.3, 0.4) is 0 Å². The molecule has 3 nitrogen and oxygen atoms in total. The van der Waals surface area contributed by atoms with Gasteiger partial charge in [0.2, 0.25) is 5.91 Å². The van der Waals surface area contributed by atoms with Crippen molar-refractivity contribution in [2.75, 3.05) is 13.1 Å². The van der Waals surface area contributed by atoms with Crippen molar-refractivity contribution in [1.29, 1.82) is 0 Å². The third-order valence-corrected chi connectivity index (χ3v) is 3.36. The Labute approximate surface area is 94.7 Å². The summed E-state index contributed by atoms with van der Waals surface area (Å²) in [5.74, 6) is 0.430. The Hall–Kier alpha value is -0.870. The summed E-state index contributed by atoms with van der Waals surface area (Å²) >= 11 is 1.63. The number of thiophene rings is 1. The highest BCUT2D eigenvalue weighted by Crippen LogP contribution is 2.15. The van der Waals surface area contributed by atoms with Crippen LogP contribution in [0, 0.1) is 12.8 Å². The van der Waals surface area contributed by atoms with Gasteiger partial charge in [0.25, 0.3) is 0 Å². The van der Waals surface area contributed by atoms with Crippen LogP contribution in [0.15, 0.2) is 11.4 Å². The average Bonchev–Trinajstić information content (AvgIpc) is 2.61. The number of hydrogen-bond donors (Lipinski definition) is 2. The molecule has 1 heterocycles. The molecule has 1 unspecified atom stereocenters. The lowest BCUT2D eigenvalue weighted by molar-refractivity contribution is -0.120. The fourth-order valence-electron chi connectivity index (χ4n) is 1.16. The van der Waals surface area contributed by atoms with Crippen LogP contribution < -0.4 is 11.1 Å². The Morgan fingerprint density at radius 1 is 1.67 bits per heavy atom. The summed E-state index contributed by atoms with van der Waals surface area (Å²) in [5.41, 5.74) is 6.67. The van der Waals surface area contributed by atoms with E-state index >= 15 is 0 Å². The van der Waals surface area contributed by atoms with Crippen LogP contribution in [-0.4, -0.2) is 19.0 Å². The maximum Gasteiger partial charge on any atom is 0.225 e. The number of carbonyl (C=O) groups excluding carboxylic acids is 1. The molecular formula is C11H18N2OS. The molecule has 1 atom stereocenters. The van der Waals surface area contributed by atoms with E-state index in [1.165, 1.54) is 5.56 Å². The van der Waals surface area contributed by atoms with Gasteiger partial charge >= 0.3 is 0 Å². The molecule has 1 aromatic rings. The zero-order valence-corrected chi connectivity index (χ0v) is 10.1. The standard InChI is InChI=1S/C11H18N2OS/c1-8(6-12)7-13-11(14)5-10-9(2)3-4-15-10/h3-4,8H,5-7,12H2,1-2H3,(H,13,14). The molecule has 0 aliphatic rings. The van der Waals surface area contributed by atoms with Crippen molar-refractivity contribution < 1.29 is 4.79 Å². The summed E-state index contributed by atoms with van der Waals surface area (Å²) in [7, 11) is 0. The fraction of sp³-hybridized carbons (Fsp3) is 0.545. The van der Waals surface area contributed by atoms with Crippen LogP contribution in [0.25, 0.3) is 0 Å². The van der Waals surface area contributed by atoms with E-state index in [1.54, 1.807) is 11.3 Å². The van der Waals surface area contributed by atoms with Crippen molar-refractivity contribution >= 4 is 17.2 Å². The van der Waals surface area contributed by atoms with E-state index in [1.807, 2.05) is 25.3 Å². The van der Waals surface area contributed by atoms with Crippen molar-refractivity contribution in [2.24, 2.45) is 11.7 Å². The maximum atomic E-state index is 11.5. The first kappa shape index (κ1) is 12.2. The van der Waals surface area contributed by atoms with Crippen molar-refractivity contribution in [3.05, 3.63) is 21.9 Å². The van der Waals surface area contributed by atoms with Gasteiger partial charge in [-0.25, -0.2) is 0 Å². The predicted octanol–water partition coefficient (Wildman–Crippen LogP) is 1.31. The first-order chi connectivity index (χ1) is 7.13. The summed E-state index contributed by atoms with van der Waals surface area (Å²) in [6.07, 6.45) is 0.487. The van der Waals surface area contributed by atoms with Gasteiger partial charge in [0.15, 0.2) is 0 Å². The molecule has 0 saturated carbocycles. The van der Waals surface area contributed by atoms with Crippen molar-refractivity contribution in [3.8, 4) is 0 Å². The first-order valence-electron chi connectivity index (χ1n) is 5.13. The lowest BCUT2D eigenvalue weighted by Gasteiger charge is -2.09. The molecule has 0 bridgehead atoms. The number of rotatable bonds is 5. The molecule has 0 saturated heterocycles. The molecule has 84 valence electrons. The molecule has 15 heavy (non-hydrogen) atoms. The Morgan fingerprint density at radius 2 is 2.40 bits per heavy atom. The molecule has 0 radical (unpaired) electrons. The van der Waals surface area contributed by atoms with Crippen LogP contribution in [0.1, 0.15) is 17.4 Å². The number of aryl methyl sites for hydroxylation is 1. The average molecular weight is 226 g/mol. The molecule has 1 rings (SSSR count). The van der Waals surface area contributed by atoms with E-state index in [-0.39, 0.29) is 5.91 Å². The SMILES string of the molecule is Cc1ccsc1CC(=O)NCC(C)CN. The Kier molecular flexibility index (Phi) is 4.78. The normalized spacial score (nSPS) is 12.5. The van der Waals surface area contributed by atoms with Gasteiger partial charge in [-0.05, 0) is 36.4 Å². The Bertz CT molecular complexity index is 322. The molecular weight excluding hydrogens is 208 g/mol. The van der Waals surface area contributed by atoms with Gasteiger partial charge in [0.1, 0.15) is 0 Å². The minimum absolute atomic E-state index is 0.0841. The van der Waals surface area contributed by atoms with Gasteiger partial charge in [-0.1, -0.05) is 6.92 Å². The van der Waals surface area contributed by atoms with Crippen molar-refractivity contribution in [3.63, 3.8) is 0 Å². The van der Waals surface area contributed by atoms with Crippen LogP contribution in [0.4, 0.5) is 0 Å². The second kappa shape index (κ2) is 5.88. The zero-order valence-electron chi connectivity index (χ0n) is 9.25. The van der Waals surface area contributed by atoms with E-state index in [0.29, 0.717) is 25.4 Å². The van der Waals surface area contributed by atoms with Gasteiger partial charge in [0.05, 0.1) is 6.42 Å². The molecule has 0 aliphatic carbocycles. The lowest BCUT2D eigenvalue weighted by Crippen LogP contribution is -2.32. The monoisotopic (exact) mass is 226 g/mol. The number of hydrogen-bond acceptors (Lipinski definition) is 3. The van der Waals surface area contributed by atoms with Gasteiger partial charge in [-0.2, -0.15) is 0 Å². The minimum Gasteiger partial charge on any atom is -0.355 e. The summed E-state index contributed by atoms with van der Waals surface area (Å²) in [5, 5.41) is 4.90. The zero-order chi connectivity index (χ0) is 11.3. The molecule has 0 spiro atoms. The van der Waals surface area contributed by atoms with E-state index in [9.17, 15) is 4.79 Å². The quantitative estimate of drug-likeness (QED) is 0.795. The van der Waals surface area contributed by atoms with Gasteiger partial charge in [-0.3, -0.25) is 4.79 Å². The summed E-state index contributed by atoms with van der Waals surface area (Å²) < 4.78 is 0. The number of carbonyl (C=O) groups is 1. The van der Waals surface area contributed by atoms with Gasteiger partial charge < -0.3 is 11.1 Å². The van der Waals surface area contributed by atoms with Crippen molar-refractivity contribution in [2.45, 2.75) is 20.3 Å². The molecule has 1 aromatic heterocycles. The lowest BCUT2D eigenvalue weighted by atomic mass is 10.2. The summed E-state index contributed by atoms with van der Waals surface area (Å²) in [4.78, 5) is 12.7. The van der Waals surface area contributed by atoms with E-state index < -0.39 is 0 Å². The topological polar surface area (TPSA) is 55.1 Å². The van der Waals surface area contributed by atoms with Gasteiger partial charge in [0, 0.05) is 11.4 Å². The number of nitrogens with one attached hydrogen (secondary N) is 1. The molecule has 1 amide bonds. The molecule has 0 aliphatic heterocycles. The van der Waals surface area contributed by atoms with Gasteiger partial charge in [-0.15, -0.1) is 11.3 Å². The Balaban J connectivity index is 2.34. The van der Waals surface area contributed by atoms with E-state index in [4.69, 9.17) is 5.73 Å². The largest absolute Gasteiger partial charge is 0.355 e. The second-order valence-corrected chi connectivity index (χ2v) is 4.85. The fourth-order valence-corrected chi connectivity index (χ4v) is 2.07. The van der Waals surface area contributed by atoms with Crippen LogP contribution in [0.2, 0.25) is 0 Å². The Morgan fingerprint density at radius 3 is 2.93 bits per heavy atom. The van der Waals surface area contributed by atoms with E-state index in [2.05, 4.69) is 5.32 Å². The van der Waals surface area contributed by atoms with Crippen LogP contribution in [-0.2, 0) is 11.2 Å². The second-order valence-electron chi connectivity index (χ2n) is 3.85. The van der Waals surface area contributed by atoms with Crippen molar-refractivity contribution in [1.82, 2.24) is 5.32 Å². The predicted molar refractivity (Wildman–Crippen MR) is 64.0 cm³/mol. The van der Waals surface area contributed by atoms with Crippen LogP contribution in [0.5, 0.6) is 0 Å². The summed E-state index contributed by atoms with van der Waals surface area (Å²) in [6.45, 7) is 5.33. The third kappa shape index (κ3) is 4.01. The molecule has 4 heteroatoms. The van der Waals surface area contributed by atoms with E-state index in [0.717, 1.165) is 4.88 Å². The highest BCUT2D eigenvalue weighted by molar-refractivity contribution is 7.10. The molecule has 0 aromatic carbocycles. The third-order valence-electron chi connectivity index (χ3n) is 2.34. The minimum atomic E-state index is 0.0841. The first-order valence-corrected chi connectivity index (χ1v) is 6.01. The number of amides is 1. The molecule has 3 N–H and O–H groups in total. The maximum absolute atomic E-state index is 11.5. The number of nitrogens with two attached hydrogens (primary N) is 1. The highest BCUT2D eigenvalue weighted by Gasteiger charge is 2.07. The molecule has 0 fully saturated rings. The van der Waals surface area contributed by atoms with Crippen LogP contribution >= 0.6 is 11.3 Å². The summed E-state index contributed by atoms with van der Waals surface area (Å²) in [6, 6.07) is 2.04. The smallest absolute Gasteiger partial charge is 0.225 e. The highest BCUT2D eigenvalue weighted by atomic mass is 32.1.